The zero-order chi connectivity index (χ0) is 10.8. The van der Waals surface area contributed by atoms with Gasteiger partial charge in [-0.3, -0.25) is 9.78 Å². The van der Waals surface area contributed by atoms with E-state index in [1.165, 1.54) is 6.42 Å². The molecule has 0 aliphatic heterocycles. The fourth-order valence-electron chi connectivity index (χ4n) is 1.97. The highest BCUT2D eigenvalue weighted by atomic mass is 32.1. The molecular formula is C10H15N3OS. The van der Waals surface area contributed by atoms with E-state index in [2.05, 4.69) is 9.97 Å². The van der Waals surface area contributed by atoms with E-state index in [1.54, 1.807) is 0 Å². The number of nitrogens with one attached hydrogen (secondary N) is 2. The first-order chi connectivity index (χ1) is 7.22. The summed E-state index contributed by atoms with van der Waals surface area (Å²) in [5.41, 5.74) is 7.23. The molecule has 5 heteroatoms. The van der Waals surface area contributed by atoms with Gasteiger partial charge < -0.3 is 10.7 Å². The lowest BCUT2D eigenvalue weighted by atomic mass is 9.81. The maximum Gasteiger partial charge on any atom is 0.255 e. The van der Waals surface area contributed by atoms with Crippen LogP contribution in [0.15, 0.2) is 4.79 Å². The highest BCUT2D eigenvalue weighted by Crippen LogP contribution is 2.35. The monoisotopic (exact) mass is 225 g/mol. The highest BCUT2D eigenvalue weighted by molar-refractivity contribution is 7.71. The predicted octanol–water partition coefficient (Wildman–Crippen LogP) is 1.20. The van der Waals surface area contributed by atoms with E-state index in [0.29, 0.717) is 23.7 Å². The van der Waals surface area contributed by atoms with Crippen LogP contribution in [0.5, 0.6) is 0 Å². The lowest BCUT2D eigenvalue weighted by Crippen LogP contribution is -2.24. The molecule has 4 N–H and O–H groups in total. The Balaban J connectivity index is 2.48. The van der Waals surface area contributed by atoms with Crippen LogP contribution < -0.4 is 11.3 Å². The van der Waals surface area contributed by atoms with Gasteiger partial charge in [-0.05, 0) is 43.9 Å². The van der Waals surface area contributed by atoms with Gasteiger partial charge in [0.2, 0.25) is 0 Å². The number of hydrogen-bond donors (Lipinski definition) is 3. The number of nitrogens with two attached hydrogens (primary N) is 1. The van der Waals surface area contributed by atoms with Crippen LogP contribution >= 0.6 is 12.2 Å². The van der Waals surface area contributed by atoms with E-state index in [4.69, 9.17) is 18.0 Å². The van der Waals surface area contributed by atoms with Crippen molar-refractivity contribution in [2.24, 2.45) is 5.73 Å². The molecule has 15 heavy (non-hydrogen) atoms. The Morgan fingerprint density at radius 3 is 2.67 bits per heavy atom. The standard InChI is InChI=1S/C10H15N3OS/c11-5-4-7-8(6-2-1-3-6)12-10(15)13-9(7)14/h6H,1-5,11H2,(H2,12,13,14,15). The van der Waals surface area contributed by atoms with E-state index in [-0.39, 0.29) is 5.56 Å². The van der Waals surface area contributed by atoms with Crippen molar-refractivity contribution in [3.63, 3.8) is 0 Å². The minimum Gasteiger partial charge on any atom is -0.335 e. The third kappa shape index (κ3) is 2.03. The first-order valence-electron chi connectivity index (χ1n) is 5.28. The van der Waals surface area contributed by atoms with Gasteiger partial charge in [-0.1, -0.05) is 6.42 Å². The Morgan fingerprint density at radius 1 is 1.40 bits per heavy atom. The molecule has 1 heterocycles. The molecule has 4 nitrogen and oxygen atoms in total. The normalized spacial score (nSPS) is 16.3. The second-order valence-corrected chi connectivity index (χ2v) is 4.38. The van der Waals surface area contributed by atoms with Crippen molar-refractivity contribution in [1.82, 2.24) is 9.97 Å². The quantitative estimate of drug-likeness (QED) is 0.677. The topological polar surface area (TPSA) is 74.7 Å². The van der Waals surface area contributed by atoms with E-state index < -0.39 is 0 Å². The van der Waals surface area contributed by atoms with Crippen LogP contribution in [0.3, 0.4) is 0 Å². The second kappa shape index (κ2) is 4.28. The molecule has 0 saturated heterocycles. The van der Waals surface area contributed by atoms with Crippen LogP contribution in [-0.4, -0.2) is 16.5 Å². The van der Waals surface area contributed by atoms with Crippen molar-refractivity contribution in [2.45, 2.75) is 31.6 Å². The second-order valence-electron chi connectivity index (χ2n) is 3.97. The van der Waals surface area contributed by atoms with Gasteiger partial charge in [-0.2, -0.15) is 0 Å². The van der Waals surface area contributed by atoms with Gasteiger partial charge in [0, 0.05) is 11.3 Å². The molecular weight excluding hydrogens is 210 g/mol. The summed E-state index contributed by atoms with van der Waals surface area (Å²) >= 11 is 4.98. The van der Waals surface area contributed by atoms with Crippen molar-refractivity contribution in [2.75, 3.05) is 6.54 Å². The number of hydrogen-bond acceptors (Lipinski definition) is 3. The van der Waals surface area contributed by atoms with Crippen molar-refractivity contribution in [1.29, 1.82) is 0 Å². The van der Waals surface area contributed by atoms with E-state index >= 15 is 0 Å². The third-order valence-corrected chi connectivity index (χ3v) is 3.19. The molecule has 1 aliphatic carbocycles. The summed E-state index contributed by atoms with van der Waals surface area (Å²) in [7, 11) is 0. The number of aromatic nitrogens is 2. The minimum atomic E-state index is -0.0777. The average Bonchev–Trinajstić information content (AvgIpc) is 2.08. The summed E-state index contributed by atoms with van der Waals surface area (Å²) in [6, 6.07) is 0. The van der Waals surface area contributed by atoms with Crippen LogP contribution in [0.1, 0.15) is 36.4 Å². The summed E-state index contributed by atoms with van der Waals surface area (Å²) in [5.74, 6) is 0.482. The predicted molar refractivity (Wildman–Crippen MR) is 61.6 cm³/mol. The van der Waals surface area contributed by atoms with Crippen molar-refractivity contribution in [3.8, 4) is 0 Å². The molecule has 0 spiro atoms. The average molecular weight is 225 g/mol. The molecule has 0 bridgehead atoms. The lowest BCUT2D eigenvalue weighted by Gasteiger charge is -2.27. The largest absolute Gasteiger partial charge is 0.335 e. The molecule has 1 aromatic heterocycles. The van der Waals surface area contributed by atoms with Crippen LogP contribution in [0, 0.1) is 4.77 Å². The molecule has 0 unspecified atom stereocenters. The Morgan fingerprint density at radius 2 is 2.13 bits per heavy atom. The van der Waals surface area contributed by atoms with Crippen LogP contribution in [-0.2, 0) is 6.42 Å². The van der Waals surface area contributed by atoms with Gasteiger partial charge in [0.05, 0.1) is 0 Å². The Bertz CT molecular complexity index is 458. The molecule has 0 aromatic carbocycles. The summed E-state index contributed by atoms with van der Waals surface area (Å²) < 4.78 is 0.419. The lowest BCUT2D eigenvalue weighted by molar-refractivity contribution is 0.406. The minimum absolute atomic E-state index is 0.0777. The van der Waals surface area contributed by atoms with E-state index in [0.717, 1.165) is 24.1 Å². The fourth-order valence-corrected chi connectivity index (χ4v) is 2.17. The fraction of sp³-hybridized carbons (Fsp3) is 0.600. The van der Waals surface area contributed by atoms with Gasteiger partial charge in [0.1, 0.15) is 0 Å². The molecule has 0 radical (unpaired) electrons. The summed E-state index contributed by atoms with van der Waals surface area (Å²) in [4.78, 5) is 17.4. The first-order valence-corrected chi connectivity index (χ1v) is 5.68. The van der Waals surface area contributed by atoms with Gasteiger partial charge in [0.25, 0.3) is 5.56 Å². The SMILES string of the molecule is NCCc1c(C2CCC2)[nH]c(=S)[nH]c1=O. The van der Waals surface area contributed by atoms with Gasteiger partial charge >= 0.3 is 0 Å². The van der Waals surface area contributed by atoms with Crippen LogP contribution in [0.25, 0.3) is 0 Å². The third-order valence-electron chi connectivity index (χ3n) is 2.98. The molecule has 1 aliphatic rings. The molecule has 0 atom stereocenters. The number of rotatable bonds is 3. The summed E-state index contributed by atoms with van der Waals surface area (Å²) in [5, 5.41) is 0. The summed E-state index contributed by atoms with van der Waals surface area (Å²) in [6.45, 7) is 0.493. The molecule has 2 rings (SSSR count). The van der Waals surface area contributed by atoms with Crippen LogP contribution in [0.2, 0.25) is 0 Å². The smallest absolute Gasteiger partial charge is 0.255 e. The Kier molecular flexibility index (Phi) is 3.02. The molecule has 82 valence electrons. The van der Waals surface area contributed by atoms with Gasteiger partial charge in [-0.15, -0.1) is 0 Å². The van der Waals surface area contributed by atoms with Crippen molar-refractivity contribution >= 4 is 12.2 Å². The number of H-pyrrole nitrogens is 2. The zero-order valence-electron chi connectivity index (χ0n) is 8.51. The molecule has 1 saturated carbocycles. The Hall–Kier alpha value is -0.940. The molecule has 1 fully saturated rings. The summed E-state index contributed by atoms with van der Waals surface area (Å²) in [6.07, 6.45) is 4.14. The van der Waals surface area contributed by atoms with E-state index in [1.807, 2.05) is 0 Å². The maximum absolute atomic E-state index is 11.7. The van der Waals surface area contributed by atoms with E-state index in [9.17, 15) is 4.79 Å². The van der Waals surface area contributed by atoms with Gasteiger partial charge in [-0.25, -0.2) is 0 Å². The Labute approximate surface area is 92.9 Å². The number of aromatic amines is 2. The van der Waals surface area contributed by atoms with Crippen molar-refractivity contribution < 1.29 is 0 Å². The van der Waals surface area contributed by atoms with Crippen molar-refractivity contribution in [3.05, 3.63) is 26.4 Å². The molecule has 1 aromatic rings. The van der Waals surface area contributed by atoms with Crippen LogP contribution in [0.4, 0.5) is 0 Å². The highest BCUT2D eigenvalue weighted by Gasteiger charge is 2.23. The molecule has 0 amide bonds. The van der Waals surface area contributed by atoms with Gasteiger partial charge in [0.15, 0.2) is 4.77 Å². The first kappa shape index (κ1) is 10.6. The zero-order valence-corrected chi connectivity index (χ0v) is 9.32. The maximum atomic E-state index is 11.7.